The molecule has 0 spiro atoms. The summed E-state index contributed by atoms with van der Waals surface area (Å²) in [6.07, 6.45) is 0. The summed E-state index contributed by atoms with van der Waals surface area (Å²) in [5.41, 5.74) is -0.698. The molecule has 0 unspecified atom stereocenters. The van der Waals surface area contributed by atoms with Crippen molar-refractivity contribution in [3.63, 3.8) is 0 Å². The highest BCUT2D eigenvalue weighted by atomic mass is 35.5. The second-order valence-electron chi connectivity index (χ2n) is 4.58. The molecular weight excluding hydrogens is 359 g/mol. The summed E-state index contributed by atoms with van der Waals surface area (Å²) in [6.45, 7) is 2.34. The van der Waals surface area contributed by atoms with Crippen LogP contribution in [0.25, 0.3) is 11.0 Å². The van der Waals surface area contributed by atoms with Crippen LogP contribution in [0.5, 0.6) is 11.5 Å². The van der Waals surface area contributed by atoms with Crippen molar-refractivity contribution in [1.82, 2.24) is 0 Å². The predicted octanol–water partition coefficient (Wildman–Crippen LogP) is 3.20. The van der Waals surface area contributed by atoms with Crippen LogP contribution in [0.2, 0.25) is 0 Å². The van der Waals surface area contributed by atoms with Gasteiger partial charge in [0.15, 0.2) is 11.5 Å². The molecule has 0 bridgehead atoms. The van der Waals surface area contributed by atoms with Gasteiger partial charge < -0.3 is 18.6 Å². The van der Waals surface area contributed by atoms with Gasteiger partial charge in [0.25, 0.3) is 0 Å². The molecule has 0 aliphatic carbocycles. The van der Waals surface area contributed by atoms with Crippen LogP contribution in [0.15, 0.2) is 27.4 Å². The van der Waals surface area contributed by atoms with Gasteiger partial charge in [0, 0.05) is 11.5 Å². The Kier molecular flexibility index (Phi) is 6.75. The number of ether oxygens (including phenoxy) is 3. The Balaban J connectivity index is 2.50. The first kappa shape index (κ1) is 18.4. The maximum absolute atomic E-state index is 12.0. The maximum Gasteiger partial charge on any atom is 0.351 e. The lowest BCUT2D eigenvalue weighted by Gasteiger charge is -2.12. The first-order valence-corrected chi connectivity index (χ1v) is 8.34. The third-order valence-electron chi connectivity index (χ3n) is 2.96. The van der Waals surface area contributed by atoms with E-state index >= 15 is 0 Å². The fourth-order valence-corrected chi connectivity index (χ4v) is 2.16. The molecule has 0 aliphatic heterocycles. The van der Waals surface area contributed by atoms with E-state index in [4.69, 9.17) is 41.8 Å². The monoisotopic (exact) mass is 374 g/mol. The van der Waals surface area contributed by atoms with Gasteiger partial charge in [0.2, 0.25) is 0 Å². The van der Waals surface area contributed by atoms with Crippen LogP contribution >= 0.6 is 23.2 Å². The summed E-state index contributed by atoms with van der Waals surface area (Å²) >= 11 is 11.3. The van der Waals surface area contributed by atoms with Crippen LogP contribution in [-0.2, 0) is 4.74 Å². The lowest BCUT2D eigenvalue weighted by molar-refractivity contribution is 0.0522. The quantitative estimate of drug-likeness (QED) is 0.401. The summed E-state index contributed by atoms with van der Waals surface area (Å²) in [7, 11) is 0. The Hall–Kier alpha value is -1.92. The van der Waals surface area contributed by atoms with Gasteiger partial charge in [-0.3, -0.25) is 0 Å². The third-order valence-corrected chi connectivity index (χ3v) is 3.27. The first-order chi connectivity index (χ1) is 11.6. The van der Waals surface area contributed by atoms with E-state index in [2.05, 4.69) is 0 Å². The van der Waals surface area contributed by atoms with E-state index in [9.17, 15) is 9.59 Å². The standard InChI is InChI=1S/C16H16Cl2O6/c1-2-21-15(19)11-7-10-8-13(22-5-3-17)14(23-6-4-18)9-12(10)24-16(11)20/h7-9H,2-6H2,1H3. The van der Waals surface area contributed by atoms with Crippen molar-refractivity contribution in [3.8, 4) is 11.5 Å². The van der Waals surface area contributed by atoms with E-state index in [0.29, 0.717) is 28.6 Å². The molecule has 0 atom stereocenters. The average Bonchev–Trinajstić information content (AvgIpc) is 2.57. The molecule has 1 heterocycles. The fourth-order valence-electron chi connectivity index (χ4n) is 2.00. The van der Waals surface area contributed by atoms with Gasteiger partial charge in [0.05, 0.1) is 18.4 Å². The largest absolute Gasteiger partial charge is 0.488 e. The number of rotatable bonds is 8. The molecule has 0 N–H and O–H groups in total. The molecular formula is C16H16Cl2O6. The molecule has 6 nitrogen and oxygen atoms in total. The fraction of sp³-hybridized carbons (Fsp3) is 0.375. The van der Waals surface area contributed by atoms with Crippen molar-refractivity contribution >= 4 is 40.1 Å². The zero-order valence-electron chi connectivity index (χ0n) is 13.0. The number of halogens is 2. The molecule has 0 radical (unpaired) electrons. The van der Waals surface area contributed by atoms with Crippen molar-refractivity contribution in [2.45, 2.75) is 6.92 Å². The zero-order chi connectivity index (χ0) is 17.5. The summed E-state index contributed by atoms with van der Waals surface area (Å²) in [5, 5.41) is 0.500. The topological polar surface area (TPSA) is 75.0 Å². The Morgan fingerprint density at radius 3 is 2.29 bits per heavy atom. The summed E-state index contributed by atoms with van der Waals surface area (Å²) in [5.74, 6) is 0.639. The predicted molar refractivity (Wildman–Crippen MR) is 90.9 cm³/mol. The van der Waals surface area contributed by atoms with Gasteiger partial charge in [-0.25, -0.2) is 9.59 Å². The van der Waals surface area contributed by atoms with E-state index in [0.717, 1.165) is 0 Å². The van der Waals surface area contributed by atoms with E-state index in [1.54, 1.807) is 13.0 Å². The SMILES string of the molecule is CCOC(=O)c1cc2cc(OCCCl)c(OCCCl)cc2oc1=O. The van der Waals surface area contributed by atoms with Gasteiger partial charge >= 0.3 is 11.6 Å². The second kappa shape index (κ2) is 8.80. The van der Waals surface area contributed by atoms with Crippen LogP contribution in [0, 0.1) is 0 Å². The minimum absolute atomic E-state index is 0.158. The minimum atomic E-state index is -0.779. The number of hydrogen-bond donors (Lipinski definition) is 0. The number of fused-ring (bicyclic) bond motifs is 1. The van der Waals surface area contributed by atoms with Gasteiger partial charge in [-0.2, -0.15) is 0 Å². The number of alkyl halides is 2. The van der Waals surface area contributed by atoms with E-state index in [1.807, 2.05) is 0 Å². The van der Waals surface area contributed by atoms with Crippen molar-refractivity contribution in [2.24, 2.45) is 0 Å². The molecule has 0 saturated carbocycles. The highest BCUT2D eigenvalue weighted by Crippen LogP contribution is 2.32. The molecule has 0 fully saturated rings. The molecule has 130 valence electrons. The normalized spacial score (nSPS) is 10.6. The Morgan fingerprint density at radius 2 is 1.71 bits per heavy atom. The van der Waals surface area contributed by atoms with Crippen LogP contribution in [0.4, 0.5) is 0 Å². The molecule has 2 rings (SSSR count). The number of carbonyl (C=O) groups excluding carboxylic acids is 1. The van der Waals surface area contributed by atoms with Crippen LogP contribution < -0.4 is 15.1 Å². The molecule has 24 heavy (non-hydrogen) atoms. The highest BCUT2D eigenvalue weighted by molar-refractivity contribution is 6.18. The molecule has 1 aromatic heterocycles. The summed E-state index contributed by atoms with van der Waals surface area (Å²) in [4.78, 5) is 23.8. The number of benzene rings is 1. The number of carbonyl (C=O) groups is 1. The van der Waals surface area contributed by atoms with Crippen LogP contribution in [0.1, 0.15) is 17.3 Å². The van der Waals surface area contributed by atoms with Crippen LogP contribution in [-0.4, -0.2) is 37.5 Å². The number of hydrogen-bond acceptors (Lipinski definition) is 6. The molecule has 0 aliphatic rings. The molecule has 2 aromatic rings. The van der Waals surface area contributed by atoms with E-state index in [1.165, 1.54) is 12.1 Å². The lowest BCUT2D eigenvalue weighted by Crippen LogP contribution is -2.16. The maximum atomic E-state index is 12.0. The van der Waals surface area contributed by atoms with Crippen molar-refractivity contribution < 1.29 is 23.4 Å². The molecule has 1 aromatic carbocycles. The summed E-state index contributed by atoms with van der Waals surface area (Å²) in [6, 6.07) is 4.52. The first-order valence-electron chi connectivity index (χ1n) is 7.27. The Labute approximate surface area is 148 Å². The number of esters is 1. The van der Waals surface area contributed by atoms with Gasteiger partial charge in [-0.15, -0.1) is 23.2 Å². The van der Waals surface area contributed by atoms with E-state index in [-0.39, 0.29) is 31.0 Å². The van der Waals surface area contributed by atoms with Gasteiger partial charge in [-0.05, 0) is 19.1 Å². The van der Waals surface area contributed by atoms with Crippen molar-refractivity contribution in [1.29, 1.82) is 0 Å². The summed E-state index contributed by atoms with van der Waals surface area (Å²) < 4.78 is 21.1. The Morgan fingerprint density at radius 1 is 1.08 bits per heavy atom. The van der Waals surface area contributed by atoms with Crippen LogP contribution in [0.3, 0.4) is 0 Å². The average molecular weight is 375 g/mol. The minimum Gasteiger partial charge on any atom is -0.488 e. The molecule has 0 saturated heterocycles. The highest BCUT2D eigenvalue weighted by Gasteiger charge is 2.17. The lowest BCUT2D eigenvalue weighted by atomic mass is 10.1. The van der Waals surface area contributed by atoms with Gasteiger partial charge in [0.1, 0.15) is 24.4 Å². The van der Waals surface area contributed by atoms with Gasteiger partial charge in [-0.1, -0.05) is 0 Å². The second-order valence-corrected chi connectivity index (χ2v) is 5.34. The Bertz CT molecular complexity index is 771. The molecule has 8 heteroatoms. The third kappa shape index (κ3) is 4.33. The zero-order valence-corrected chi connectivity index (χ0v) is 14.5. The van der Waals surface area contributed by atoms with E-state index < -0.39 is 11.6 Å². The van der Waals surface area contributed by atoms with Crippen molar-refractivity contribution in [2.75, 3.05) is 31.6 Å². The smallest absolute Gasteiger partial charge is 0.351 e. The van der Waals surface area contributed by atoms with Crippen molar-refractivity contribution in [3.05, 3.63) is 34.2 Å². The molecule has 0 amide bonds.